The second kappa shape index (κ2) is 9.13. The zero-order valence-electron chi connectivity index (χ0n) is 17.1. The first kappa shape index (κ1) is 22.9. The van der Waals surface area contributed by atoms with Crippen LogP contribution in [0.2, 0.25) is 5.02 Å². The highest BCUT2D eigenvalue weighted by molar-refractivity contribution is 6.31. The molecule has 1 aromatic heterocycles. The third-order valence-corrected chi connectivity index (χ3v) is 5.30. The molecule has 0 amide bonds. The summed E-state index contributed by atoms with van der Waals surface area (Å²) >= 11 is 5.72. The van der Waals surface area contributed by atoms with Gasteiger partial charge in [0, 0.05) is 18.2 Å². The number of nitrogens with one attached hydrogen (secondary N) is 3. The van der Waals surface area contributed by atoms with Crippen LogP contribution in [0.4, 0.5) is 24.8 Å². The van der Waals surface area contributed by atoms with Crippen molar-refractivity contribution in [3.05, 3.63) is 52.3 Å². The van der Waals surface area contributed by atoms with E-state index in [-0.39, 0.29) is 33.3 Å². The monoisotopic (exact) mass is 454 g/mol. The molecule has 31 heavy (non-hydrogen) atoms. The largest absolute Gasteiger partial charge is 0.356 e. The summed E-state index contributed by atoms with van der Waals surface area (Å²) in [6.07, 6.45) is 0.777. The molecule has 0 aliphatic carbocycles. The first-order chi connectivity index (χ1) is 14.6. The first-order valence-electron chi connectivity index (χ1n) is 9.41. The molecule has 0 radical (unpaired) electrons. The smallest absolute Gasteiger partial charge is 0.201 e. The number of aromatic amines is 1. The Balaban J connectivity index is 1.92. The molecular formula is C20H22ClF3N6O. The van der Waals surface area contributed by atoms with Gasteiger partial charge < -0.3 is 15.2 Å². The number of benzene rings is 2. The van der Waals surface area contributed by atoms with Gasteiger partial charge in [-0.1, -0.05) is 11.6 Å². The van der Waals surface area contributed by atoms with Crippen LogP contribution in [0, 0.1) is 22.9 Å². The molecule has 1 unspecified atom stereocenters. The van der Waals surface area contributed by atoms with Crippen molar-refractivity contribution < 1.29 is 18.4 Å². The third-order valence-electron chi connectivity index (χ3n) is 5.01. The number of halogens is 4. The van der Waals surface area contributed by atoms with Crippen LogP contribution in [0.5, 0.6) is 0 Å². The third kappa shape index (κ3) is 4.76. The molecule has 166 valence electrons. The average Bonchev–Trinajstić information content (AvgIpc) is 3.15. The number of rotatable bonds is 7. The number of fused-ring (bicyclic) bond motifs is 1. The summed E-state index contributed by atoms with van der Waals surface area (Å²) in [7, 11) is 3.91. The van der Waals surface area contributed by atoms with E-state index in [2.05, 4.69) is 15.3 Å². The maximum atomic E-state index is 14.3. The van der Waals surface area contributed by atoms with E-state index in [1.54, 1.807) is 0 Å². The number of imidazole rings is 1. The Hall–Kier alpha value is -2.82. The van der Waals surface area contributed by atoms with Crippen LogP contribution in [0.1, 0.15) is 18.9 Å². The summed E-state index contributed by atoms with van der Waals surface area (Å²) in [6.45, 7) is 2.57. The maximum absolute atomic E-state index is 14.3. The fraction of sp³-hybridized carbons (Fsp3) is 0.300. The zero-order chi connectivity index (χ0) is 22.9. The van der Waals surface area contributed by atoms with Gasteiger partial charge in [-0.2, -0.15) is 0 Å². The maximum Gasteiger partial charge on any atom is 0.201 e. The van der Waals surface area contributed by atoms with E-state index in [0.29, 0.717) is 17.6 Å². The number of anilines is 2. The summed E-state index contributed by atoms with van der Waals surface area (Å²) in [5.74, 6) is -3.48. The standard InChI is InChI=1S/C20H22ClF3N6O/c1-10(29(2)3)6-7-26-20-27-17-12(9-15(23)16(24)18(17)28-20)19(25)30(31)11-4-5-14(22)13(21)8-11/h4-5,8-10,25,31H,6-7H2,1-3H3,(H2,26,27,28). The summed E-state index contributed by atoms with van der Waals surface area (Å²) < 4.78 is 41.9. The Labute approximate surface area is 181 Å². The molecule has 0 spiro atoms. The number of nitrogens with zero attached hydrogens (tertiary/aromatic N) is 3. The lowest BCUT2D eigenvalue weighted by Gasteiger charge is -2.19. The van der Waals surface area contributed by atoms with Gasteiger partial charge in [-0.3, -0.25) is 10.6 Å². The Morgan fingerprint density at radius 3 is 2.61 bits per heavy atom. The fourth-order valence-corrected chi connectivity index (χ4v) is 3.07. The number of hydroxylamine groups is 1. The molecule has 11 heteroatoms. The Morgan fingerprint density at radius 2 is 1.97 bits per heavy atom. The number of H-pyrrole nitrogens is 1. The van der Waals surface area contributed by atoms with E-state index in [0.717, 1.165) is 24.6 Å². The van der Waals surface area contributed by atoms with E-state index in [4.69, 9.17) is 17.0 Å². The van der Waals surface area contributed by atoms with Gasteiger partial charge in [-0.15, -0.1) is 0 Å². The average molecular weight is 455 g/mol. The van der Waals surface area contributed by atoms with Crippen molar-refractivity contribution >= 4 is 40.1 Å². The van der Waals surface area contributed by atoms with Crippen LogP contribution in [-0.4, -0.2) is 52.6 Å². The second-order valence-electron chi connectivity index (χ2n) is 7.32. The van der Waals surface area contributed by atoms with Crippen LogP contribution in [0.15, 0.2) is 24.3 Å². The summed E-state index contributed by atoms with van der Waals surface area (Å²) in [5, 5.41) is 21.8. The minimum absolute atomic E-state index is 0.0233. The van der Waals surface area contributed by atoms with Gasteiger partial charge in [-0.25, -0.2) is 23.2 Å². The van der Waals surface area contributed by atoms with Crippen molar-refractivity contribution in [1.82, 2.24) is 14.9 Å². The van der Waals surface area contributed by atoms with Crippen molar-refractivity contribution in [3.63, 3.8) is 0 Å². The normalized spacial score (nSPS) is 12.4. The molecule has 0 saturated carbocycles. The highest BCUT2D eigenvalue weighted by Crippen LogP contribution is 2.28. The minimum atomic E-state index is -1.22. The molecule has 1 atom stereocenters. The van der Waals surface area contributed by atoms with Gasteiger partial charge in [0.2, 0.25) is 5.95 Å². The van der Waals surface area contributed by atoms with Crippen LogP contribution >= 0.6 is 11.6 Å². The molecule has 2 aromatic carbocycles. The number of amidine groups is 1. The lowest BCUT2D eigenvalue weighted by Crippen LogP contribution is -2.27. The first-order valence-corrected chi connectivity index (χ1v) is 9.79. The van der Waals surface area contributed by atoms with Gasteiger partial charge in [0.05, 0.1) is 16.2 Å². The number of hydrogen-bond acceptors (Lipinski definition) is 5. The lowest BCUT2D eigenvalue weighted by atomic mass is 10.1. The Bertz CT molecular complexity index is 1120. The van der Waals surface area contributed by atoms with Crippen molar-refractivity contribution in [2.45, 2.75) is 19.4 Å². The Morgan fingerprint density at radius 1 is 1.26 bits per heavy atom. The van der Waals surface area contributed by atoms with Gasteiger partial charge in [0.1, 0.15) is 11.3 Å². The van der Waals surface area contributed by atoms with Crippen molar-refractivity contribution in [2.75, 3.05) is 31.0 Å². The van der Waals surface area contributed by atoms with E-state index in [1.165, 1.54) is 6.07 Å². The number of hydrogen-bond donors (Lipinski definition) is 4. The van der Waals surface area contributed by atoms with Crippen molar-refractivity contribution in [2.24, 2.45) is 0 Å². The highest BCUT2D eigenvalue weighted by Gasteiger charge is 2.23. The van der Waals surface area contributed by atoms with Crippen LogP contribution < -0.4 is 10.4 Å². The molecular weight excluding hydrogens is 433 g/mol. The molecule has 0 aliphatic rings. The summed E-state index contributed by atoms with van der Waals surface area (Å²) in [6, 6.07) is 4.39. The predicted molar refractivity (Wildman–Crippen MR) is 115 cm³/mol. The van der Waals surface area contributed by atoms with Crippen molar-refractivity contribution in [1.29, 1.82) is 5.41 Å². The summed E-state index contributed by atoms with van der Waals surface area (Å²) in [4.78, 5) is 8.94. The predicted octanol–water partition coefficient (Wildman–Crippen LogP) is 4.61. The van der Waals surface area contributed by atoms with E-state index >= 15 is 0 Å². The SMILES string of the molecule is CC(CCNc1nc2c(F)c(F)cc(C(=N)N(O)c3ccc(F)c(Cl)c3)c2[nH]1)N(C)C. The number of aromatic nitrogens is 2. The van der Waals surface area contributed by atoms with Gasteiger partial charge in [0.15, 0.2) is 17.5 Å². The molecule has 3 rings (SSSR count). The van der Waals surface area contributed by atoms with Crippen LogP contribution in [-0.2, 0) is 0 Å². The Kier molecular flexibility index (Phi) is 6.73. The lowest BCUT2D eigenvalue weighted by molar-refractivity contribution is 0.304. The van der Waals surface area contributed by atoms with Gasteiger partial charge in [-0.05, 0) is 51.7 Å². The topological polar surface area (TPSA) is 91.3 Å². The van der Waals surface area contributed by atoms with Crippen LogP contribution in [0.25, 0.3) is 11.0 Å². The van der Waals surface area contributed by atoms with E-state index < -0.39 is 23.3 Å². The van der Waals surface area contributed by atoms with E-state index in [1.807, 2.05) is 25.9 Å². The van der Waals surface area contributed by atoms with Crippen LogP contribution in [0.3, 0.4) is 0 Å². The second-order valence-corrected chi connectivity index (χ2v) is 7.72. The molecule has 3 aromatic rings. The molecule has 7 nitrogen and oxygen atoms in total. The molecule has 1 heterocycles. The van der Waals surface area contributed by atoms with Gasteiger partial charge >= 0.3 is 0 Å². The van der Waals surface area contributed by atoms with Gasteiger partial charge in [0.25, 0.3) is 0 Å². The molecule has 0 saturated heterocycles. The molecule has 0 aliphatic heterocycles. The zero-order valence-corrected chi connectivity index (χ0v) is 17.9. The molecule has 0 bridgehead atoms. The van der Waals surface area contributed by atoms with Crippen molar-refractivity contribution in [3.8, 4) is 0 Å². The quantitative estimate of drug-likeness (QED) is 0.238. The summed E-state index contributed by atoms with van der Waals surface area (Å²) in [5.41, 5.74) is -0.448. The fourth-order valence-electron chi connectivity index (χ4n) is 2.89. The van der Waals surface area contributed by atoms with E-state index in [9.17, 15) is 18.4 Å². The highest BCUT2D eigenvalue weighted by atomic mass is 35.5. The molecule has 0 fully saturated rings. The molecule has 4 N–H and O–H groups in total. The minimum Gasteiger partial charge on any atom is -0.356 e.